The lowest BCUT2D eigenvalue weighted by Crippen LogP contribution is -2.55. The van der Waals surface area contributed by atoms with E-state index in [1.54, 1.807) is 0 Å². The molecule has 5 aliphatic carbocycles. The Morgan fingerprint density at radius 2 is 1.38 bits per heavy atom. The molecule has 5 saturated carbocycles. The lowest BCUT2D eigenvalue weighted by atomic mass is 9.54. The summed E-state index contributed by atoms with van der Waals surface area (Å²) in [6.45, 7) is 4.52. The highest BCUT2D eigenvalue weighted by Gasteiger charge is 2.48. The standard InChI is InChI=1S/C22H36N2O2/c1-13-4-3-5-19(14(13)2)23-20(25)6-7-21(26)24-22-17-9-15-8-16(11-17)12-18(22)10-15/h13-19,22H,3-12H2,1-2H3,(H,23,25)(H,24,26)/t13-,14+,15?,16?,17?,18?,19+,22?/m1/s1. The van der Waals surface area contributed by atoms with Crippen LogP contribution in [0.1, 0.15) is 78.1 Å². The van der Waals surface area contributed by atoms with Crippen molar-refractivity contribution in [2.75, 3.05) is 0 Å². The molecule has 0 aromatic carbocycles. The first-order chi connectivity index (χ1) is 12.5. The van der Waals surface area contributed by atoms with Crippen LogP contribution in [-0.4, -0.2) is 23.9 Å². The van der Waals surface area contributed by atoms with Gasteiger partial charge >= 0.3 is 0 Å². The summed E-state index contributed by atoms with van der Waals surface area (Å²) in [7, 11) is 0. The monoisotopic (exact) mass is 360 g/mol. The highest BCUT2D eigenvalue weighted by molar-refractivity contribution is 5.84. The van der Waals surface area contributed by atoms with Crippen molar-refractivity contribution in [1.29, 1.82) is 0 Å². The number of hydrogen-bond donors (Lipinski definition) is 2. The Kier molecular flexibility index (Phi) is 5.29. The van der Waals surface area contributed by atoms with Gasteiger partial charge in [0.15, 0.2) is 0 Å². The number of amides is 2. The molecule has 0 aliphatic heterocycles. The van der Waals surface area contributed by atoms with E-state index in [1.807, 2.05) is 0 Å². The van der Waals surface area contributed by atoms with Gasteiger partial charge in [0.2, 0.25) is 11.8 Å². The zero-order valence-corrected chi connectivity index (χ0v) is 16.5. The average Bonchev–Trinajstić information content (AvgIpc) is 2.60. The van der Waals surface area contributed by atoms with Crippen molar-refractivity contribution in [2.45, 2.75) is 90.1 Å². The molecular formula is C22H36N2O2. The Hall–Kier alpha value is -1.06. The summed E-state index contributed by atoms with van der Waals surface area (Å²) in [5.74, 6) is 4.61. The summed E-state index contributed by atoms with van der Waals surface area (Å²) in [5.41, 5.74) is 0. The molecule has 0 aromatic heterocycles. The number of hydrogen-bond acceptors (Lipinski definition) is 2. The van der Waals surface area contributed by atoms with Gasteiger partial charge in [-0.25, -0.2) is 0 Å². The van der Waals surface area contributed by atoms with Gasteiger partial charge in [0.1, 0.15) is 0 Å². The van der Waals surface area contributed by atoms with E-state index in [4.69, 9.17) is 0 Å². The zero-order chi connectivity index (χ0) is 18.3. The summed E-state index contributed by atoms with van der Waals surface area (Å²) in [5, 5.41) is 6.51. The molecule has 5 aliphatic rings. The molecule has 5 fully saturated rings. The first kappa shape index (κ1) is 18.3. The molecule has 0 heterocycles. The third kappa shape index (κ3) is 3.80. The van der Waals surface area contributed by atoms with Gasteiger partial charge in [0, 0.05) is 24.9 Å². The third-order valence-electron chi connectivity index (χ3n) is 8.19. The van der Waals surface area contributed by atoms with E-state index in [1.165, 1.54) is 44.9 Å². The minimum absolute atomic E-state index is 0.0520. The van der Waals surface area contributed by atoms with E-state index in [0.717, 1.165) is 18.3 Å². The van der Waals surface area contributed by atoms with E-state index >= 15 is 0 Å². The van der Waals surface area contributed by atoms with Crippen molar-refractivity contribution in [1.82, 2.24) is 10.6 Å². The quantitative estimate of drug-likeness (QED) is 0.786. The molecule has 2 amide bonds. The second kappa shape index (κ2) is 7.52. The van der Waals surface area contributed by atoms with Crippen molar-refractivity contribution >= 4 is 11.8 Å². The highest BCUT2D eigenvalue weighted by Crippen LogP contribution is 2.53. The van der Waals surface area contributed by atoms with Crippen LogP contribution in [0.2, 0.25) is 0 Å². The Balaban J connectivity index is 1.21. The number of rotatable bonds is 5. The Morgan fingerprint density at radius 1 is 0.808 bits per heavy atom. The fraction of sp³-hybridized carbons (Fsp3) is 0.909. The Labute approximate surface area is 158 Å². The second-order valence-corrected chi connectivity index (χ2v) is 9.97. The first-order valence-corrected chi connectivity index (χ1v) is 11.1. The summed E-state index contributed by atoms with van der Waals surface area (Å²) in [6.07, 6.45) is 10.9. The average molecular weight is 361 g/mol. The number of carbonyl (C=O) groups is 2. The maximum absolute atomic E-state index is 12.5. The van der Waals surface area contributed by atoms with Crippen molar-refractivity contribution < 1.29 is 9.59 Å². The van der Waals surface area contributed by atoms with Gasteiger partial charge in [-0.3, -0.25) is 9.59 Å². The van der Waals surface area contributed by atoms with Crippen LogP contribution < -0.4 is 10.6 Å². The zero-order valence-electron chi connectivity index (χ0n) is 16.5. The van der Waals surface area contributed by atoms with Crippen LogP contribution >= 0.6 is 0 Å². The van der Waals surface area contributed by atoms with Crippen molar-refractivity contribution in [3.63, 3.8) is 0 Å². The maximum atomic E-state index is 12.5. The molecular weight excluding hydrogens is 324 g/mol. The number of carbonyl (C=O) groups excluding carboxylic acids is 2. The fourth-order valence-electron chi connectivity index (χ4n) is 6.71. The van der Waals surface area contributed by atoms with E-state index in [0.29, 0.717) is 48.6 Å². The van der Waals surface area contributed by atoms with Crippen LogP contribution in [0.15, 0.2) is 0 Å². The minimum Gasteiger partial charge on any atom is -0.353 e. The van der Waals surface area contributed by atoms with Crippen molar-refractivity contribution in [3.05, 3.63) is 0 Å². The summed E-state index contributed by atoms with van der Waals surface area (Å²) >= 11 is 0. The molecule has 146 valence electrons. The van der Waals surface area contributed by atoms with E-state index < -0.39 is 0 Å². The summed E-state index contributed by atoms with van der Waals surface area (Å²) in [4.78, 5) is 24.8. The molecule has 4 nitrogen and oxygen atoms in total. The molecule has 26 heavy (non-hydrogen) atoms. The predicted octanol–water partition coefficient (Wildman–Crippen LogP) is 3.65. The predicted molar refractivity (Wildman–Crippen MR) is 102 cm³/mol. The summed E-state index contributed by atoms with van der Waals surface area (Å²) < 4.78 is 0. The van der Waals surface area contributed by atoms with Gasteiger partial charge in [-0.1, -0.05) is 26.7 Å². The Morgan fingerprint density at radius 3 is 2.00 bits per heavy atom. The van der Waals surface area contributed by atoms with Crippen molar-refractivity contribution in [3.8, 4) is 0 Å². The topological polar surface area (TPSA) is 58.2 Å². The molecule has 0 aromatic rings. The van der Waals surface area contributed by atoms with Crippen molar-refractivity contribution in [2.24, 2.45) is 35.5 Å². The van der Waals surface area contributed by atoms with Crippen LogP contribution in [0.25, 0.3) is 0 Å². The van der Waals surface area contributed by atoms with Gasteiger partial charge in [-0.05, 0) is 74.0 Å². The molecule has 0 radical (unpaired) electrons. The van der Waals surface area contributed by atoms with E-state index in [-0.39, 0.29) is 11.8 Å². The molecule has 0 unspecified atom stereocenters. The summed E-state index contributed by atoms with van der Waals surface area (Å²) in [6, 6.07) is 0.677. The second-order valence-electron chi connectivity index (χ2n) is 9.97. The van der Waals surface area contributed by atoms with Crippen LogP contribution in [-0.2, 0) is 9.59 Å². The van der Waals surface area contributed by atoms with Gasteiger partial charge in [0.05, 0.1) is 0 Å². The van der Waals surface area contributed by atoms with Gasteiger partial charge in [-0.2, -0.15) is 0 Å². The molecule has 0 saturated heterocycles. The lowest BCUT2D eigenvalue weighted by molar-refractivity contribution is -0.129. The molecule has 4 heteroatoms. The van der Waals surface area contributed by atoms with Gasteiger partial charge in [0.25, 0.3) is 0 Å². The smallest absolute Gasteiger partial charge is 0.220 e. The van der Waals surface area contributed by atoms with Crippen LogP contribution in [0.3, 0.4) is 0 Å². The molecule has 4 bridgehead atoms. The molecule has 5 rings (SSSR count). The fourth-order valence-corrected chi connectivity index (χ4v) is 6.71. The van der Waals surface area contributed by atoms with E-state index in [9.17, 15) is 9.59 Å². The maximum Gasteiger partial charge on any atom is 0.220 e. The Bertz CT molecular complexity index is 518. The largest absolute Gasteiger partial charge is 0.353 e. The SMILES string of the molecule is C[C@H]1[C@H](C)CCC[C@@H]1NC(=O)CCC(=O)NC1C2CC3CC(C2)CC1C3. The molecule has 2 N–H and O–H groups in total. The van der Waals surface area contributed by atoms with Gasteiger partial charge < -0.3 is 10.6 Å². The minimum atomic E-state index is 0.0520. The molecule has 0 spiro atoms. The normalized spacial score (nSPS) is 43.9. The van der Waals surface area contributed by atoms with Crippen LogP contribution in [0.4, 0.5) is 0 Å². The van der Waals surface area contributed by atoms with Crippen LogP contribution in [0, 0.1) is 35.5 Å². The van der Waals surface area contributed by atoms with E-state index in [2.05, 4.69) is 24.5 Å². The molecule has 3 atom stereocenters. The van der Waals surface area contributed by atoms with Gasteiger partial charge in [-0.15, -0.1) is 0 Å². The number of nitrogens with one attached hydrogen (secondary N) is 2. The highest BCUT2D eigenvalue weighted by atomic mass is 16.2. The van der Waals surface area contributed by atoms with Crippen LogP contribution in [0.5, 0.6) is 0 Å². The first-order valence-electron chi connectivity index (χ1n) is 11.1. The lowest BCUT2D eigenvalue weighted by Gasteiger charge is -2.54. The third-order valence-corrected chi connectivity index (χ3v) is 8.19.